The zero-order valence-electron chi connectivity index (χ0n) is 24.1. The van der Waals surface area contributed by atoms with Gasteiger partial charge >= 0.3 is 0 Å². The molecule has 0 N–H and O–H groups in total. The van der Waals surface area contributed by atoms with Gasteiger partial charge in [0.1, 0.15) is 0 Å². The van der Waals surface area contributed by atoms with Crippen molar-refractivity contribution in [3.8, 4) is 11.1 Å². The topological polar surface area (TPSA) is 0 Å². The minimum atomic E-state index is -1.23. The van der Waals surface area contributed by atoms with Crippen molar-refractivity contribution < 1.29 is 26.3 Å². The van der Waals surface area contributed by atoms with Gasteiger partial charge in [0.2, 0.25) is 0 Å². The highest BCUT2D eigenvalue weighted by molar-refractivity contribution is 5.79. The zero-order chi connectivity index (χ0) is 29.4. The smallest absolute Gasteiger partial charge is 0.167 e. The lowest BCUT2D eigenvalue weighted by Gasteiger charge is -2.26. The van der Waals surface area contributed by atoms with E-state index in [2.05, 4.69) is 6.92 Å². The van der Waals surface area contributed by atoms with Gasteiger partial charge in [-0.2, -0.15) is 0 Å². The molecule has 0 bridgehead atoms. The van der Waals surface area contributed by atoms with E-state index < -0.39 is 34.9 Å². The van der Waals surface area contributed by atoms with E-state index >= 15 is 13.2 Å². The van der Waals surface area contributed by atoms with Crippen LogP contribution in [0.3, 0.4) is 0 Å². The predicted molar refractivity (Wildman–Crippen MR) is 151 cm³/mol. The fourth-order valence-corrected chi connectivity index (χ4v) is 6.93. The van der Waals surface area contributed by atoms with Gasteiger partial charge in [0.15, 0.2) is 34.9 Å². The molecule has 5 rings (SSSR count). The molecule has 0 radical (unpaired) electrons. The number of rotatable bonds is 9. The largest absolute Gasteiger partial charge is 0.203 e. The summed E-state index contributed by atoms with van der Waals surface area (Å²) < 4.78 is 90.6. The van der Waals surface area contributed by atoms with Gasteiger partial charge in [0, 0.05) is 11.1 Å². The van der Waals surface area contributed by atoms with Gasteiger partial charge in [-0.25, -0.2) is 26.3 Å². The van der Waals surface area contributed by atoms with Crippen molar-refractivity contribution in [2.75, 3.05) is 0 Å². The first-order chi connectivity index (χ1) is 19.6. The molecule has 3 aromatic carbocycles. The highest BCUT2D eigenvalue weighted by Gasteiger charge is 2.33. The monoisotopic (exact) mass is 572 g/mol. The standard InChI is InChI=1S/C35H38F6/c1-4-21(5-2)27-18-26-17-25-16-24(32(38)34(40)28(25)29(26)35(41)33(27)39)15-14-23-13-12-22(30(36)31(23)37)11-10-20-8-6-19(3)7-9-20/h12-13,16,18-21H,4-11,14-15,17H2,1-3H3. The van der Waals surface area contributed by atoms with E-state index in [1.54, 1.807) is 12.1 Å². The summed E-state index contributed by atoms with van der Waals surface area (Å²) in [7, 11) is 0. The highest BCUT2D eigenvalue weighted by atomic mass is 19.2. The quantitative estimate of drug-likeness (QED) is 0.175. The average Bonchev–Trinajstić information content (AvgIpc) is 3.34. The first kappa shape index (κ1) is 29.7. The molecule has 220 valence electrons. The maximum atomic E-state index is 15.3. The predicted octanol–water partition coefficient (Wildman–Crippen LogP) is 10.5. The van der Waals surface area contributed by atoms with E-state index in [4.69, 9.17) is 0 Å². The first-order valence-corrected chi connectivity index (χ1v) is 15.1. The number of fused-ring (bicyclic) bond motifs is 3. The first-order valence-electron chi connectivity index (χ1n) is 15.1. The molecular formula is C35H38F6. The number of halogens is 6. The van der Waals surface area contributed by atoms with Gasteiger partial charge in [-0.1, -0.05) is 70.7 Å². The van der Waals surface area contributed by atoms with Crippen molar-refractivity contribution in [1.82, 2.24) is 0 Å². The second-order valence-electron chi connectivity index (χ2n) is 12.2. The second-order valence-corrected chi connectivity index (χ2v) is 12.2. The summed E-state index contributed by atoms with van der Waals surface area (Å²) in [6.45, 7) is 6.04. The molecule has 3 aromatic rings. The van der Waals surface area contributed by atoms with Crippen molar-refractivity contribution >= 4 is 0 Å². The molecule has 6 heteroatoms. The molecule has 0 saturated heterocycles. The lowest BCUT2D eigenvalue weighted by molar-refractivity contribution is 0.277. The third kappa shape index (κ3) is 5.68. The summed E-state index contributed by atoms with van der Waals surface area (Å²) in [6.07, 6.45) is 7.23. The van der Waals surface area contributed by atoms with E-state index in [0.29, 0.717) is 41.9 Å². The van der Waals surface area contributed by atoms with Crippen LogP contribution in [0.2, 0.25) is 0 Å². The minimum Gasteiger partial charge on any atom is -0.203 e. The SMILES string of the molecule is CCC(CC)c1cc2c(c(F)c1F)-c1c(cc(CCc3ccc(CCC4CCC(C)CC4)c(F)c3F)c(F)c1F)C2. The van der Waals surface area contributed by atoms with E-state index in [1.807, 2.05) is 13.8 Å². The molecule has 0 amide bonds. The Morgan fingerprint density at radius 2 is 1.15 bits per heavy atom. The fourth-order valence-electron chi connectivity index (χ4n) is 6.93. The van der Waals surface area contributed by atoms with Crippen LogP contribution in [0.5, 0.6) is 0 Å². The zero-order valence-corrected chi connectivity index (χ0v) is 24.1. The van der Waals surface area contributed by atoms with Gasteiger partial charge < -0.3 is 0 Å². The van der Waals surface area contributed by atoms with E-state index in [-0.39, 0.29) is 53.0 Å². The maximum Gasteiger partial charge on any atom is 0.167 e. The molecule has 1 fully saturated rings. The molecule has 0 unspecified atom stereocenters. The van der Waals surface area contributed by atoms with Crippen LogP contribution in [0.15, 0.2) is 24.3 Å². The van der Waals surface area contributed by atoms with E-state index in [9.17, 15) is 13.2 Å². The van der Waals surface area contributed by atoms with E-state index in [0.717, 1.165) is 25.2 Å². The van der Waals surface area contributed by atoms with Crippen molar-refractivity contribution in [3.05, 3.63) is 92.5 Å². The normalized spacial score (nSPS) is 18.2. The van der Waals surface area contributed by atoms with Crippen LogP contribution < -0.4 is 0 Å². The number of hydrogen-bond donors (Lipinski definition) is 0. The summed E-state index contributed by atoms with van der Waals surface area (Å²) >= 11 is 0. The molecule has 0 aromatic heterocycles. The molecule has 0 aliphatic heterocycles. The van der Waals surface area contributed by atoms with Gasteiger partial charge in [0.05, 0.1) is 0 Å². The Balaban J connectivity index is 1.33. The van der Waals surface area contributed by atoms with Crippen LogP contribution in [0.1, 0.15) is 105 Å². The molecular weight excluding hydrogens is 534 g/mol. The summed E-state index contributed by atoms with van der Waals surface area (Å²) in [5.41, 5.74) is 1.05. The Morgan fingerprint density at radius 3 is 1.76 bits per heavy atom. The van der Waals surface area contributed by atoms with Crippen LogP contribution >= 0.6 is 0 Å². The van der Waals surface area contributed by atoms with Gasteiger partial charge in [-0.15, -0.1) is 0 Å². The molecule has 0 spiro atoms. The third-order valence-corrected chi connectivity index (χ3v) is 9.60. The molecule has 2 aliphatic carbocycles. The van der Waals surface area contributed by atoms with Gasteiger partial charge in [-0.3, -0.25) is 0 Å². The Kier molecular flexibility index (Phi) is 8.87. The third-order valence-electron chi connectivity index (χ3n) is 9.60. The molecule has 2 aliphatic rings. The average molecular weight is 573 g/mol. The minimum absolute atomic E-state index is 0.00515. The summed E-state index contributed by atoms with van der Waals surface area (Å²) in [6, 6.07) is 6.17. The molecule has 0 heterocycles. The van der Waals surface area contributed by atoms with Crippen molar-refractivity contribution in [3.63, 3.8) is 0 Å². The highest BCUT2D eigenvalue weighted by Crippen LogP contribution is 2.45. The molecule has 0 atom stereocenters. The Bertz CT molecular complexity index is 1430. The number of aryl methyl sites for hydroxylation is 3. The van der Waals surface area contributed by atoms with Gasteiger partial charge in [0.25, 0.3) is 0 Å². The van der Waals surface area contributed by atoms with Crippen LogP contribution in [0, 0.1) is 46.7 Å². The molecule has 0 nitrogen and oxygen atoms in total. The number of hydrogen-bond acceptors (Lipinski definition) is 0. The van der Waals surface area contributed by atoms with Gasteiger partial charge in [-0.05, 0) is 96.1 Å². The van der Waals surface area contributed by atoms with Crippen LogP contribution in [0.4, 0.5) is 26.3 Å². The number of benzene rings is 3. The Labute approximate surface area is 239 Å². The fraction of sp³-hybridized carbons (Fsp3) is 0.486. The van der Waals surface area contributed by atoms with Crippen molar-refractivity contribution in [2.24, 2.45) is 11.8 Å². The molecule has 1 saturated carbocycles. The summed E-state index contributed by atoms with van der Waals surface area (Å²) in [5.74, 6) is -5.27. The Morgan fingerprint density at radius 1 is 0.634 bits per heavy atom. The van der Waals surface area contributed by atoms with Crippen LogP contribution in [-0.2, 0) is 25.7 Å². The molecule has 41 heavy (non-hydrogen) atoms. The summed E-state index contributed by atoms with van der Waals surface area (Å²) in [5, 5.41) is 0. The second kappa shape index (κ2) is 12.2. The van der Waals surface area contributed by atoms with Crippen molar-refractivity contribution in [1.29, 1.82) is 0 Å². The maximum absolute atomic E-state index is 15.3. The Hall–Kier alpha value is -2.76. The van der Waals surface area contributed by atoms with Crippen LogP contribution in [0.25, 0.3) is 11.1 Å². The lowest BCUT2D eigenvalue weighted by Crippen LogP contribution is -2.13. The van der Waals surface area contributed by atoms with E-state index in [1.165, 1.54) is 25.0 Å². The lowest BCUT2D eigenvalue weighted by atomic mass is 9.80. The summed E-state index contributed by atoms with van der Waals surface area (Å²) in [4.78, 5) is 0. The van der Waals surface area contributed by atoms with Crippen molar-refractivity contribution in [2.45, 2.75) is 97.3 Å². The van der Waals surface area contributed by atoms with Crippen LogP contribution in [-0.4, -0.2) is 0 Å².